The molecule has 0 aliphatic carbocycles. The van der Waals surface area contributed by atoms with Crippen LogP contribution in [-0.4, -0.2) is 35.5 Å². The highest BCUT2D eigenvalue weighted by atomic mass is 16.5. The Balaban J connectivity index is 1.35. The van der Waals surface area contributed by atoms with Gasteiger partial charge in [-0.1, -0.05) is 91.0 Å². The van der Waals surface area contributed by atoms with Crippen LogP contribution in [-0.2, 0) is 15.6 Å². The van der Waals surface area contributed by atoms with Crippen LogP contribution in [0.1, 0.15) is 36.0 Å². The van der Waals surface area contributed by atoms with Crippen molar-refractivity contribution in [2.45, 2.75) is 30.1 Å². The number of pyridine rings is 1. The van der Waals surface area contributed by atoms with E-state index < -0.39 is 10.8 Å². The highest BCUT2D eigenvalue weighted by Crippen LogP contribution is 2.39. The molecule has 0 saturated carbocycles. The highest BCUT2D eigenvalue weighted by Gasteiger charge is 2.45. The van der Waals surface area contributed by atoms with Gasteiger partial charge in [0.05, 0.1) is 17.7 Å². The summed E-state index contributed by atoms with van der Waals surface area (Å²) in [7, 11) is 0. The molecular formula is C33H31N3O2. The predicted octanol–water partition coefficient (Wildman–Crippen LogP) is 5.92. The van der Waals surface area contributed by atoms with Crippen LogP contribution >= 0.6 is 0 Å². The van der Waals surface area contributed by atoms with E-state index in [0.717, 1.165) is 36.3 Å². The van der Waals surface area contributed by atoms with E-state index in [9.17, 15) is 10.1 Å². The normalized spacial score (nSPS) is 15.3. The van der Waals surface area contributed by atoms with Gasteiger partial charge in [0.2, 0.25) is 0 Å². The molecule has 0 unspecified atom stereocenters. The average molecular weight is 502 g/mol. The van der Waals surface area contributed by atoms with Crippen LogP contribution in [0.25, 0.3) is 0 Å². The second-order valence-corrected chi connectivity index (χ2v) is 9.87. The third kappa shape index (κ3) is 5.09. The lowest BCUT2D eigenvalue weighted by molar-refractivity contribution is -0.143. The van der Waals surface area contributed by atoms with Crippen molar-refractivity contribution in [2.75, 3.05) is 19.6 Å². The van der Waals surface area contributed by atoms with E-state index in [4.69, 9.17) is 4.74 Å². The van der Waals surface area contributed by atoms with Gasteiger partial charge in [-0.15, -0.1) is 0 Å². The number of nitrogens with zero attached hydrogens (tertiary/aromatic N) is 3. The SMILES string of the molecule is N#CC(CCN1CCC(C(=O)Oc2cccnc2)(c2ccccc2)CC1)(c1ccccc1)c1ccccc1. The Morgan fingerprint density at radius 1 is 0.868 bits per heavy atom. The van der Waals surface area contributed by atoms with Gasteiger partial charge in [-0.2, -0.15) is 5.26 Å². The van der Waals surface area contributed by atoms with E-state index in [0.29, 0.717) is 25.0 Å². The molecule has 1 aliphatic rings. The van der Waals surface area contributed by atoms with Gasteiger partial charge in [0, 0.05) is 12.7 Å². The molecule has 3 aromatic carbocycles. The Hall–Kier alpha value is -4.27. The summed E-state index contributed by atoms with van der Waals surface area (Å²) >= 11 is 0. The van der Waals surface area contributed by atoms with Crippen molar-refractivity contribution in [1.82, 2.24) is 9.88 Å². The van der Waals surface area contributed by atoms with Crippen LogP contribution in [0.15, 0.2) is 116 Å². The minimum absolute atomic E-state index is 0.240. The summed E-state index contributed by atoms with van der Waals surface area (Å²) in [5, 5.41) is 10.5. The van der Waals surface area contributed by atoms with E-state index in [1.54, 1.807) is 24.5 Å². The zero-order valence-electron chi connectivity index (χ0n) is 21.4. The van der Waals surface area contributed by atoms with E-state index in [1.165, 1.54) is 0 Å². The van der Waals surface area contributed by atoms with E-state index >= 15 is 0 Å². The van der Waals surface area contributed by atoms with Crippen molar-refractivity contribution in [3.63, 3.8) is 0 Å². The maximum Gasteiger partial charge on any atom is 0.322 e. The van der Waals surface area contributed by atoms with Crippen LogP contribution in [0, 0.1) is 11.3 Å². The Morgan fingerprint density at radius 2 is 1.45 bits per heavy atom. The molecule has 38 heavy (non-hydrogen) atoms. The average Bonchev–Trinajstić information content (AvgIpc) is 3.00. The Kier molecular flexibility index (Phi) is 7.62. The van der Waals surface area contributed by atoms with Crippen molar-refractivity contribution in [2.24, 2.45) is 0 Å². The van der Waals surface area contributed by atoms with E-state index in [-0.39, 0.29) is 5.97 Å². The van der Waals surface area contributed by atoms with Crippen molar-refractivity contribution in [3.8, 4) is 11.8 Å². The monoisotopic (exact) mass is 501 g/mol. The smallest absolute Gasteiger partial charge is 0.322 e. The van der Waals surface area contributed by atoms with E-state index in [2.05, 4.69) is 16.0 Å². The van der Waals surface area contributed by atoms with Gasteiger partial charge in [0.1, 0.15) is 11.2 Å². The van der Waals surface area contributed by atoms with Crippen LogP contribution < -0.4 is 4.74 Å². The first-order chi connectivity index (χ1) is 18.7. The summed E-state index contributed by atoms with van der Waals surface area (Å²) in [6, 6.07) is 36.3. The van der Waals surface area contributed by atoms with Gasteiger partial charge in [-0.25, -0.2) is 0 Å². The largest absolute Gasteiger partial charge is 0.424 e. The molecule has 0 N–H and O–H groups in total. The second kappa shape index (κ2) is 11.4. The van der Waals surface area contributed by atoms with Crippen molar-refractivity contribution >= 4 is 5.97 Å². The van der Waals surface area contributed by atoms with Crippen LogP contribution in [0.4, 0.5) is 0 Å². The fraction of sp³-hybridized carbons (Fsp3) is 0.242. The summed E-state index contributed by atoms with van der Waals surface area (Å²) < 4.78 is 5.83. The molecule has 1 aromatic heterocycles. The number of benzene rings is 3. The van der Waals surface area contributed by atoms with Gasteiger partial charge in [-0.05, 0) is 61.2 Å². The third-order valence-corrected chi connectivity index (χ3v) is 7.80. The molecule has 0 bridgehead atoms. The van der Waals surface area contributed by atoms with Gasteiger partial charge in [0.15, 0.2) is 0 Å². The van der Waals surface area contributed by atoms with Gasteiger partial charge >= 0.3 is 5.97 Å². The number of carbonyl (C=O) groups excluding carboxylic acids is 1. The number of hydrogen-bond acceptors (Lipinski definition) is 5. The Labute approximate surface area is 224 Å². The van der Waals surface area contributed by atoms with Gasteiger partial charge in [-0.3, -0.25) is 9.78 Å². The third-order valence-electron chi connectivity index (χ3n) is 7.80. The zero-order chi connectivity index (χ0) is 26.3. The Morgan fingerprint density at radius 3 is 1.97 bits per heavy atom. The molecule has 5 rings (SSSR count). The molecular weight excluding hydrogens is 470 g/mol. The molecule has 0 spiro atoms. The lowest BCUT2D eigenvalue weighted by atomic mass is 9.71. The van der Waals surface area contributed by atoms with E-state index in [1.807, 2.05) is 91.0 Å². The number of carbonyl (C=O) groups is 1. The number of ether oxygens (including phenoxy) is 1. The number of esters is 1. The quantitative estimate of drug-likeness (QED) is 0.280. The standard InChI is InChI=1S/C33H31N3O2/c34-26-33(28-13-6-2-7-14-28,29-15-8-3-9-16-29)20-24-36-22-18-32(19-23-36,27-11-4-1-5-12-27)31(37)38-30-17-10-21-35-25-30/h1-17,21,25H,18-20,22-24H2. The molecule has 1 saturated heterocycles. The summed E-state index contributed by atoms with van der Waals surface area (Å²) in [4.78, 5) is 20.1. The number of aromatic nitrogens is 1. The van der Waals surface area contributed by atoms with Crippen LogP contribution in [0.5, 0.6) is 5.75 Å². The summed E-state index contributed by atoms with van der Waals surface area (Å²) in [5.74, 6) is 0.219. The molecule has 1 fully saturated rings. The minimum Gasteiger partial charge on any atom is -0.424 e. The molecule has 190 valence electrons. The molecule has 0 radical (unpaired) electrons. The zero-order valence-corrected chi connectivity index (χ0v) is 21.4. The van der Waals surface area contributed by atoms with Crippen LogP contribution in [0.3, 0.4) is 0 Å². The maximum absolute atomic E-state index is 13.6. The summed E-state index contributed by atoms with van der Waals surface area (Å²) in [6.45, 7) is 2.23. The Bertz CT molecular complexity index is 1320. The van der Waals surface area contributed by atoms with Gasteiger partial charge < -0.3 is 9.64 Å². The molecule has 5 heteroatoms. The lowest BCUT2D eigenvalue weighted by Crippen LogP contribution is -2.49. The van der Waals surface area contributed by atoms with Crippen LogP contribution in [0.2, 0.25) is 0 Å². The predicted molar refractivity (Wildman–Crippen MR) is 148 cm³/mol. The number of piperidine rings is 1. The second-order valence-electron chi connectivity index (χ2n) is 9.87. The molecule has 2 heterocycles. The van der Waals surface area contributed by atoms with Crippen molar-refractivity contribution in [3.05, 3.63) is 132 Å². The van der Waals surface area contributed by atoms with Crippen molar-refractivity contribution in [1.29, 1.82) is 5.26 Å². The highest BCUT2D eigenvalue weighted by molar-refractivity contribution is 5.85. The number of rotatable bonds is 8. The number of nitriles is 1. The summed E-state index contributed by atoms with van der Waals surface area (Å²) in [6.07, 6.45) is 5.18. The van der Waals surface area contributed by atoms with Gasteiger partial charge in [0.25, 0.3) is 0 Å². The molecule has 1 aliphatic heterocycles. The summed E-state index contributed by atoms with van der Waals surface area (Å²) in [5.41, 5.74) is 1.52. The topological polar surface area (TPSA) is 66.2 Å². The van der Waals surface area contributed by atoms with Crippen molar-refractivity contribution < 1.29 is 9.53 Å². The maximum atomic E-state index is 13.6. The molecule has 0 atom stereocenters. The minimum atomic E-state index is -0.740. The number of likely N-dealkylation sites (tertiary alicyclic amines) is 1. The first-order valence-corrected chi connectivity index (χ1v) is 13.1. The fourth-order valence-corrected chi connectivity index (χ4v) is 5.55. The first kappa shape index (κ1) is 25.4. The fourth-order valence-electron chi connectivity index (χ4n) is 5.55. The first-order valence-electron chi connectivity index (χ1n) is 13.1. The molecule has 0 amide bonds. The molecule has 5 nitrogen and oxygen atoms in total. The lowest BCUT2D eigenvalue weighted by Gasteiger charge is -2.41. The molecule has 4 aromatic rings. The number of hydrogen-bond donors (Lipinski definition) is 0.